The molecule has 0 fully saturated rings. The van der Waals surface area contributed by atoms with Crippen LogP contribution in [0.15, 0.2) is 52.9 Å². The summed E-state index contributed by atoms with van der Waals surface area (Å²) in [7, 11) is 0. The van der Waals surface area contributed by atoms with Crippen LogP contribution in [0.2, 0.25) is 0 Å². The maximum Gasteiger partial charge on any atom is 0.255 e. The topological polar surface area (TPSA) is 51.5 Å². The van der Waals surface area contributed by atoms with Crippen LogP contribution in [0.1, 0.15) is 54.4 Å². The Bertz CT molecular complexity index is 883. The Labute approximate surface area is 154 Å². The predicted octanol–water partition coefficient (Wildman–Crippen LogP) is 5.41. The van der Waals surface area contributed by atoms with E-state index in [9.17, 15) is 4.79 Å². The Morgan fingerprint density at radius 1 is 1.19 bits per heavy atom. The molecule has 1 heterocycles. The van der Waals surface area contributed by atoms with Crippen molar-refractivity contribution in [1.29, 1.82) is 0 Å². The predicted molar refractivity (Wildman–Crippen MR) is 104 cm³/mol. The Balaban J connectivity index is 1.84. The number of aryl methyl sites for hydroxylation is 1. The van der Waals surface area contributed by atoms with E-state index in [1.807, 2.05) is 62.4 Å². The number of benzene rings is 2. The first-order valence-corrected chi connectivity index (χ1v) is 9.12. The molecule has 4 nitrogen and oxygen atoms in total. The van der Waals surface area contributed by atoms with Gasteiger partial charge in [-0.15, -0.1) is 0 Å². The zero-order chi connectivity index (χ0) is 18.5. The van der Waals surface area contributed by atoms with Crippen molar-refractivity contribution < 1.29 is 13.9 Å². The molecule has 0 aliphatic carbocycles. The molecule has 0 spiro atoms. The molecule has 0 unspecified atom stereocenters. The number of rotatable bonds is 7. The van der Waals surface area contributed by atoms with Gasteiger partial charge in [0.15, 0.2) is 0 Å². The zero-order valence-corrected chi connectivity index (χ0v) is 15.5. The summed E-state index contributed by atoms with van der Waals surface area (Å²) in [5.74, 6) is 1.24. The SMILES string of the molecule is CCCCOc1ccc2oc(C)c(C(=O)N[C@H](C)c3ccccc3)c2c1. The molecule has 26 heavy (non-hydrogen) atoms. The van der Waals surface area contributed by atoms with Crippen LogP contribution in [-0.2, 0) is 0 Å². The molecule has 2 aromatic carbocycles. The van der Waals surface area contributed by atoms with E-state index in [-0.39, 0.29) is 11.9 Å². The summed E-state index contributed by atoms with van der Waals surface area (Å²) in [6, 6.07) is 15.5. The van der Waals surface area contributed by atoms with Crippen LogP contribution in [0.25, 0.3) is 11.0 Å². The van der Waals surface area contributed by atoms with Gasteiger partial charge in [0.1, 0.15) is 17.1 Å². The van der Waals surface area contributed by atoms with Gasteiger partial charge in [0.05, 0.1) is 18.2 Å². The van der Waals surface area contributed by atoms with Gasteiger partial charge in [-0.2, -0.15) is 0 Å². The van der Waals surface area contributed by atoms with Gasteiger partial charge < -0.3 is 14.5 Å². The monoisotopic (exact) mass is 351 g/mol. The van der Waals surface area contributed by atoms with E-state index < -0.39 is 0 Å². The molecule has 1 aromatic heterocycles. The highest BCUT2D eigenvalue weighted by Gasteiger charge is 2.20. The molecular weight excluding hydrogens is 326 g/mol. The number of furan rings is 1. The summed E-state index contributed by atoms with van der Waals surface area (Å²) in [6.45, 7) is 6.59. The molecule has 1 N–H and O–H groups in total. The smallest absolute Gasteiger partial charge is 0.255 e. The third-order valence-electron chi connectivity index (χ3n) is 4.48. The lowest BCUT2D eigenvalue weighted by Crippen LogP contribution is -2.26. The van der Waals surface area contributed by atoms with Crippen molar-refractivity contribution in [2.45, 2.75) is 39.7 Å². The van der Waals surface area contributed by atoms with Crippen molar-refractivity contribution in [3.63, 3.8) is 0 Å². The molecule has 3 aromatic rings. The fraction of sp³-hybridized carbons (Fsp3) is 0.318. The number of hydrogen-bond acceptors (Lipinski definition) is 3. The van der Waals surface area contributed by atoms with E-state index in [0.717, 1.165) is 29.5 Å². The van der Waals surface area contributed by atoms with Gasteiger partial charge in [-0.05, 0) is 44.0 Å². The second kappa shape index (κ2) is 8.09. The fourth-order valence-corrected chi connectivity index (χ4v) is 3.00. The normalized spacial score (nSPS) is 12.1. The number of nitrogens with one attached hydrogen (secondary N) is 1. The van der Waals surface area contributed by atoms with Crippen LogP contribution in [-0.4, -0.2) is 12.5 Å². The van der Waals surface area contributed by atoms with Crippen LogP contribution in [0.3, 0.4) is 0 Å². The third-order valence-corrected chi connectivity index (χ3v) is 4.48. The lowest BCUT2D eigenvalue weighted by atomic mass is 10.1. The van der Waals surface area contributed by atoms with Crippen LogP contribution < -0.4 is 10.1 Å². The first-order chi connectivity index (χ1) is 12.6. The van der Waals surface area contributed by atoms with Crippen molar-refractivity contribution in [3.05, 3.63) is 65.4 Å². The molecule has 0 bridgehead atoms. The maximum absolute atomic E-state index is 12.9. The molecule has 0 aliphatic rings. The minimum atomic E-state index is -0.136. The number of hydrogen-bond donors (Lipinski definition) is 1. The average molecular weight is 351 g/mol. The molecule has 0 saturated carbocycles. The third kappa shape index (κ3) is 3.90. The van der Waals surface area contributed by atoms with Gasteiger partial charge >= 0.3 is 0 Å². The molecule has 0 saturated heterocycles. The first kappa shape index (κ1) is 18.1. The Morgan fingerprint density at radius 3 is 2.69 bits per heavy atom. The van der Waals surface area contributed by atoms with E-state index >= 15 is 0 Å². The van der Waals surface area contributed by atoms with Gasteiger partial charge in [0.25, 0.3) is 5.91 Å². The van der Waals surface area contributed by atoms with E-state index in [4.69, 9.17) is 9.15 Å². The maximum atomic E-state index is 12.9. The van der Waals surface area contributed by atoms with E-state index in [2.05, 4.69) is 12.2 Å². The Kier molecular flexibility index (Phi) is 5.61. The summed E-state index contributed by atoms with van der Waals surface area (Å²) in [6.07, 6.45) is 2.09. The van der Waals surface area contributed by atoms with Crippen LogP contribution >= 0.6 is 0 Å². The van der Waals surface area contributed by atoms with Gasteiger partial charge in [-0.1, -0.05) is 43.7 Å². The molecule has 0 aliphatic heterocycles. The molecule has 1 atom stereocenters. The van der Waals surface area contributed by atoms with E-state index in [0.29, 0.717) is 23.5 Å². The number of amides is 1. The highest BCUT2D eigenvalue weighted by molar-refractivity contribution is 6.07. The fourth-order valence-electron chi connectivity index (χ4n) is 3.00. The van der Waals surface area contributed by atoms with Gasteiger partial charge in [-0.3, -0.25) is 4.79 Å². The van der Waals surface area contributed by atoms with E-state index in [1.165, 1.54) is 0 Å². The van der Waals surface area contributed by atoms with E-state index in [1.54, 1.807) is 0 Å². The number of carbonyl (C=O) groups is 1. The second-order valence-corrected chi connectivity index (χ2v) is 6.50. The molecule has 1 amide bonds. The van der Waals surface area contributed by atoms with Crippen molar-refractivity contribution >= 4 is 16.9 Å². The van der Waals surface area contributed by atoms with Gasteiger partial charge in [-0.25, -0.2) is 0 Å². The number of fused-ring (bicyclic) bond motifs is 1. The highest BCUT2D eigenvalue weighted by Crippen LogP contribution is 2.29. The Hall–Kier alpha value is -2.75. The molecule has 3 rings (SSSR count). The highest BCUT2D eigenvalue weighted by atomic mass is 16.5. The minimum absolute atomic E-state index is 0.0861. The number of ether oxygens (including phenoxy) is 1. The second-order valence-electron chi connectivity index (χ2n) is 6.50. The molecule has 4 heteroatoms. The van der Waals surface area contributed by atoms with Crippen LogP contribution in [0.5, 0.6) is 5.75 Å². The summed E-state index contributed by atoms with van der Waals surface area (Å²) >= 11 is 0. The number of carbonyl (C=O) groups excluding carboxylic acids is 1. The summed E-state index contributed by atoms with van der Waals surface area (Å²) in [5, 5.41) is 3.85. The summed E-state index contributed by atoms with van der Waals surface area (Å²) < 4.78 is 11.5. The van der Waals surface area contributed by atoms with Crippen LogP contribution in [0, 0.1) is 6.92 Å². The van der Waals surface area contributed by atoms with Crippen molar-refractivity contribution in [3.8, 4) is 5.75 Å². The zero-order valence-electron chi connectivity index (χ0n) is 15.5. The average Bonchev–Trinajstić information content (AvgIpc) is 2.97. The number of unbranched alkanes of at least 4 members (excludes halogenated alkanes) is 1. The minimum Gasteiger partial charge on any atom is -0.494 e. The quantitative estimate of drug-likeness (QED) is 0.579. The van der Waals surface area contributed by atoms with Crippen LogP contribution in [0.4, 0.5) is 0 Å². The largest absolute Gasteiger partial charge is 0.494 e. The Morgan fingerprint density at radius 2 is 1.96 bits per heavy atom. The molecule has 0 radical (unpaired) electrons. The van der Waals surface area contributed by atoms with Crippen molar-refractivity contribution in [2.24, 2.45) is 0 Å². The standard InChI is InChI=1S/C22H25NO3/c1-4-5-13-25-18-11-12-20-19(14-18)21(16(3)26-20)22(24)23-15(2)17-9-7-6-8-10-17/h6-12,14-15H,4-5,13H2,1-3H3,(H,23,24)/t15-/m1/s1. The van der Waals surface area contributed by atoms with Gasteiger partial charge in [0.2, 0.25) is 0 Å². The first-order valence-electron chi connectivity index (χ1n) is 9.12. The molecular formula is C22H25NO3. The molecule has 136 valence electrons. The lowest BCUT2D eigenvalue weighted by Gasteiger charge is -2.14. The van der Waals surface area contributed by atoms with Gasteiger partial charge in [0, 0.05) is 5.39 Å². The summed E-state index contributed by atoms with van der Waals surface area (Å²) in [5.41, 5.74) is 2.33. The lowest BCUT2D eigenvalue weighted by molar-refractivity contribution is 0.0940. The van der Waals surface area contributed by atoms with Crippen molar-refractivity contribution in [2.75, 3.05) is 6.61 Å². The van der Waals surface area contributed by atoms with Crippen molar-refractivity contribution in [1.82, 2.24) is 5.32 Å². The summed E-state index contributed by atoms with van der Waals surface area (Å²) in [4.78, 5) is 12.9.